The van der Waals surface area contributed by atoms with E-state index in [-0.39, 0.29) is 12.5 Å². The predicted octanol–water partition coefficient (Wildman–Crippen LogP) is 1.68. The van der Waals surface area contributed by atoms with Gasteiger partial charge < -0.3 is 14.6 Å². The molecule has 6 heteroatoms. The highest BCUT2D eigenvalue weighted by Crippen LogP contribution is 2.22. The summed E-state index contributed by atoms with van der Waals surface area (Å²) in [5, 5.41) is 12.1. The zero-order valence-electron chi connectivity index (χ0n) is 9.84. The molecule has 2 rings (SSSR count). The normalized spacial score (nSPS) is 10.1. The van der Waals surface area contributed by atoms with Gasteiger partial charge in [-0.25, -0.2) is 0 Å². The summed E-state index contributed by atoms with van der Waals surface area (Å²) in [7, 11) is 1.56. The molecule has 1 aromatic heterocycles. The third-order valence-corrected chi connectivity index (χ3v) is 3.09. The molecule has 0 aliphatic rings. The summed E-state index contributed by atoms with van der Waals surface area (Å²) < 4.78 is 6.73. The smallest absolute Gasteiger partial charge is 0.244 e. The number of nitrogens with one attached hydrogen (secondary N) is 2. The highest BCUT2D eigenvalue weighted by atomic mass is 32.1. The average Bonchev–Trinajstić information content (AvgIpc) is 2.75. The van der Waals surface area contributed by atoms with Crippen molar-refractivity contribution in [1.29, 1.82) is 5.41 Å². The third kappa shape index (κ3) is 2.78. The van der Waals surface area contributed by atoms with Crippen LogP contribution in [0, 0.1) is 5.41 Å². The first-order valence-corrected chi connectivity index (χ1v) is 6.20. The summed E-state index contributed by atoms with van der Waals surface area (Å²) in [6.07, 6.45) is 1.72. The molecule has 0 unspecified atom stereocenters. The van der Waals surface area contributed by atoms with E-state index in [0.29, 0.717) is 16.2 Å². The fourth-order valence-corrected chi connectivity index (χ4v) is 2.12. The number of thiazole rings is 1. The topological polar surface area (TPSA) is 67.1 Å². The molecule has 0 saturated heterocycles. The second kappa shape index (κ2) is 5.50. The Morgan fingerprint density at radius 2 is 2.28 bits per heavy atom. The van der Waals surface area contributed by atoms with Crippen molar-refractivity contribution in [1.82, 2.24) is 4.57 Å². The quantitative estimate of drug-likeness (QED) is 0.881. The van der Waals surface area contributed by atoms with Gasteiger partial charge >= 0.3 is 0 Å². The maximum Gasteiger partial charge on any atom is 0.244 e. The van der Waals surface area contributed by atoms with Crippen LogP contribution in [-0.2, 0) is 11.3 Å². The van der Waals surface area contributed by atoms with Crippen molar-refractivity contribution in [2.75, 3.05) is 12.4 Å². The van der Waals surface area contributed by atoms with Crippen LogP contribution in [-0.4, -0.2) is 17.6 Å². The maximum atomic E-state index is 11.8. The van der Waals surface area contributed by atoms with Crippen LogP contribution in [0.1, 0.15) is 0 Å². The standard InChI is InChI=1S/C12H13N3O2S/c1-17-10-5-3-2-4-9(10)14-11(16)8-15-6-7-18-12(15)13/h2-7,13H,8H2,1H3,(H,14,16). The zero-order valence-corrected chi connectivity index (χ0v) is 10.7. The van der Waals surface area contributed by atoms with Crippen LogP contribution in [0.2, 0.25) is 0 Å². The van der Waals surface area contributed by atoms with Gasteiger partial charge in [-0.2, -0.15) is 0 Å². The number of hydrogen-bond donors (Lipinski definition) is 2. The molecule has 18 heavy (non-hydrogen) atoms. The van der Waals surface area contributed by atoms with Crippen LogP contribution in [0.15, 0.2) is 35.8 Å². The Labute approximate surface area is 108 Å². The van der Waals surface area contributed by atoms with Crippen molar-refractivity contribution >= 4 is 22.9 Å². The number of benzene rings is 1. The van der Waals surface area contributed by atoms with Crippen molar-refractivity contribution in [2.45, 2.75) is 6.54 Å². The number of para-hydroxylation sites is 2. The number of anilines is 1. The number of carbonyl (C=O) groups is 1. The summed E-state index contributed by atoms with van der Waals surface area (Å²) >= 11 is 1.29. The van der Waals surface area contributed by atoms with Crippen LogP contribution in [0.3, 0.4) is 0 Å². The molecular weight excluding hydrogens is 250 g/mol. The number of rotatable bonds is 4. The van der Waals surface area contributed by atoms with E-state index in [0.717, 1.165) is 0 Å². The minimum atomic E-state index is -0.184. The van der Waals surface area contributed by atoms with Gasteiger partial charge in [-0.1, -0.05) is 12.1 Å². The van der Waals surface area contributed by atoms with Crippen molar-refractivity contribution < 1.29 is 9.53 Å². The van der Waals surface area contributed by atoms with Gasteiger partial charge in [-0.15, -0.1) is 11.3 Å². The minimum Gasteiger partial charge on any atom is -0.495 e. The van der Waals surface area contributed by atoms with Crippen LogP contribution >= 0.6 is 11.3 Å². The lowest BCUT2D eigenvalue weighted by Crippen LogP contribution is -2.23. The van der Waals surface area contributed by atoms with Gasteiger partial charge in [-0.05, 0) is 12.1 Å². The molecule has 5 nitrogen and oxygen atoms in total. The van der Waals surface area contributed by atoms with Gasteiger partial charge in [0, 0.05) is 11.6 Å². The first-order chi connectivity index (χ1) is 8.70. The number of carbonyl (C=O) groups excluding carboxylic acids is 1. The van der Waals surface area contributed by atoms with Gasteiger partial charge in [0.05, 0.1) is 12.8 Å². The molecule has 1 amide bonds. The first kappa shape index (κ1) is 12.4. The number of ether oxygens (including phenoxy) is 1. The van der Waals surface area contributed by atoms with Crippen molar-refractivity contribution in [3.05, 3.63) is 40.6 Å². The molecule has 0 bridgehead atoms. The van der Waals surface area contributed by atoms with E-state index < -0.39 is 0 Å². The number of aromatic nitrogens is 1. The fraction of sp³-hybridized carbons (Fsp3) is 0.167. The van der Waals surface area contributed by atoms with Crippen LogP contribution in [0.4, 0.5) is 5.69 Å². The summed E-state index contributed by atoms with van der Waals surface area (Å²) in [6, 6.07) is 7.22. The van der Waals surface area contributed by atoms with Gasteiger partial charge in [0.1, 0.15) is 12.3 Å². The van der Waals surface area contributed by atoms with Crippen LogP contribution in [0.25, 0.3) is 0 Å². The third-order valence-electron chi connectivity index (χ3n) is 2.38. The molecule has 0 fully saturated rings. The largest absolute Gasteiger partial charge is 0.495 e. The highest BCUT2D eigenvalue weighted by molar-refractivity contribution is 7.06. The molecule has 0 spiro atoms. The SMILES string of the molecule is COc1ccccc1NC(=O)Cn1ccsc1=N. The summed E-state index contributed by atoms with van der Waals surface area (Å²) in [4.78, 5) is 12.2. The molecular formula is C12H13N3O2S. The van der Waals surface area contributed by atoms with Crippen molar-refractivity contribution in [3.63, 3.8) is 0 Å². The molecule has 1 heterocycles. The monoisotopic (exact) mass is 263 g/mol. The Balaban J connectivity index is 2.08. The van der Waals surface area contributed by atoms with Gasteiger partial charge in [0.2, 0.25) is 5.91 Å². The molecule has 0 saturated carbocycles. The Bertz CT molecular complexity index is 603. The van der Waals surface area contributed by atoms with E-state index in [2.05, 4.69) is 5.32 Å². The summed E-state index contributed by atoms with van der Waals surface area (Å²) in [5.41, 5.74) is 0.632. The lowest BCUT2D eigenvalue weighted by atomic mass is 10.3. The molecule has 2 aromatic rings. The molecule has 94 valence electrons. The maximum absolute atomic E-state index is 11.8. The van der Waals surface area contributed by atoms with Gasteiger partial charge in [0.25, 0.3) is 0 Å². The number of nitrogens with zero attached hydrogens (tertiary/aromatic N) is 1. The van der Waals surface area contributed by atoms with Gasteiger partial charge in [-0.3, -0.25) is 10.2 Å². The van der Waals surface area contributed by atoms with Crippen LogP contribution in [0.5, 0.6) is 5.75 Å². The van der Waals surface area contributed by atoms with Crippen molar-refractivity contribution in [2.24, 2.45) is 0 Å². The van der Waals surface area contributed by atoms with E-state index in [9.17, 15) is 4.79 Å². The van der Waals surface area contributed by atoms with Gasteiger partial charge in [0.15, 0.2) is 4.80 Å². The Kier molecular flexibility index (Phi) is 3.78. The second-order valence-corrected chi connectivity index (χ2v) is 4.48. The zero-order chi connectivity index (χ0) is 13.0. The summed E-state index contributed by atoms with van der Waals surface area (Å²) in [5.74, 6) is 0.434. The Morgan fingerprint density at radius 3 is 2.94 bits per heavy atom. The van der Waals surface area contributed by atoms with Crippen molar-refractivity contribution in [3.8, 4) is 5.75 Å². The fourth-order valence-electron chi connectivity index (χ4n) is 1.52. The minimum absolute atomic E-state index is 0.125. The number of hydrogen-bond acceptors (Lipinski definition) is 4. The molecule has 0 aliphatic carbocycles. The first-order valence-electron chi connectivity index (χ1n) is 5.32. The summed E-state index contributed by atoms with van der Waals surface area (Å²) in [6.45, 7) is 0.125. The molecule has 0 aliphatic heterocycles. The molecule has 2 N–H and O–H groups in total. The molecule has 1 aromatic carbocycles. The van der Waals surface area contributed by atoms with E-state index >= 15 is 0 Å². The lowest BCUT2D eigenvalue weighted by molar-refractivity contribution is -0.116. The molecule has 0 atom stereocenters. The van der Waals surface area contributed by atoms with E-state index in [1.54, 1.807) is 35.4 Å². The second-order valence-electron chi connectivity index (χ2n) is 3.58. The van der Waals surface area contributed by atoms with E-state index in [1.807, 2.05) is 12.1 Å². The van der Waals surface area contributed by atoms with E-state index in [1.165, 1.54) is 11.3 Å². The highest BCUT2D eigenvalue weighted by Gasteiger charge is 2.07. The lowest BCUT2D eigenvalue weighted by Gasteiger charge is -2.09. The predicted molar refractivity (Wildman–Crippen MR) is 69.8 cm³/mol. The Morgan fingerprint density at radius 1 is 1.50 bits per heavy atom. The molecule has 0 radical (unpaired) electrons. The average molecular weight is 263 g/mol. The Hall–Kier alpha value is -2.08. The van der Waals surface area contributed by atoms with Crippen LogP contribution < -0.4 is 14.9 Å². The number of methoxy groups -OCH3 is 1. The number of amides is 1. The van der Waals surface area contributed by atoms with E-state index in [4.69, 9.17) is 10.1 Å².